The van der Waals surface area contributed by atoms with Gasteiger partial charge in [0.15, 0.2) is 5.17 Å². The van der Waals surface area contributed by atoms with E-state index in [1.54, 1.807) is 0 Å². The van der Waals surface area contributed by atoms with Gasteiger partial charge in [0.1, 0.15) is 0 Å². The highest BCUT2D eigenvalue weighted by molar-refractivity contribution is 8.13. The minimum Gasteiger partial charge on any atom is -0.396 e. The summed E-state index contributed by atoms with van der Waals surface area (Å²) in [7, 11) is 0. The Hall–Kier alpha value is -0.480. The zero-order valence-corrected chi connectivity index (χ0v) is 9.31. The second-order valence-electron chi connectivity index (χ2n) is 3.68. The van der Waals surface area contributed by atoms with Gasteiger partial charge in [-0.25, -0.2) is 4.99 Å². The third-order valence-corrected chi connectivity index (χ3v) is 3.74. The Morgan fingerprint density at radius 3 is 3.21 bits per heavy atom. The maximum atomic E-state index is 8.93. The Balaban J connectivity index is 2.15. The average Bonchev–Trinajstić information content (AvgIpc) is 2.19. The Labute approximate surface area is 88.9 Å². The zero-order chi connectivity index (χ0) is 9.97. The molecule has 0 radical (unpaired) electrons. The zero-order valence-electron chi connectivity index (χ0n) is 8.49. The summed E-state index contributed by atoms with van der Waals surface area (Å²) in [4.78, 5) is 6.90. The third kappa shape index (κ3) is 1.96. The van der Waals surface area contributed by atoms with Crippen molar-refractivity contribution in [3.63, 3.8) is 0 Å². The van der Waals surface area contributed by atoms with Gasteiger partial charge in [0.05, 0.1) is 0 Å². The minimum atomic E-state index is 0.235. The van der Waals surface area contributed by atoms with Crippen molar-refractivity contribution < 1.29 is 5.11 Å². The van der Waals surface area contributed by atoms with Crippen LogP contribution < -0.4 is 0 Å². The maximum Gasteiger partial charge on any atom is 0.164 e. The van der Waals surface area contributed by atoms with Crippen LogP contribution in [0.1, 0.15) is 19.8 Å². The van der Waals surface area contributed by atoms with Crippen LogP contribution in [0, 0.1) is 0 Å². The molecule has 2 aliphatic heterocycles. The topological polar surface area (TPSA) is 35.8 Å². The molecule has 1 saturated heterocycles. The number of amidine groups is 1. The number of aliphatic hydroxyl groups excluding tert-OH is 1. The predicted octanol–water partition coefficient (Wildman–Crippen LogP) is 1.45. The highest BCUT2D eigenvalue weighted by Crippen LogP contribution is 2.26. The highest BCUT2D eigenvalue weighted by atomic mass is 32.2. The Bertz CT molecular complexity index is 286. The van der Waals surface area contributed by atoms with Gasteiger partial charge in [0.2, 0.25) is 0 Å². The van der Waals surface area contributed by atoms with E-state index in [-0.39, 0.29) is 6.61 Å². The first kappa shape index (κ1) is 10.1. The standard InChI is InChI=1S/C10H16N2OS/c1-8-9(3-5-13)7-12-4-2-6-14-10(12)11-8/h13H,2-7H2,1H3. The van der Waals surface area contributed by atoms with E-state index in [2.05, 4.69) is 9.89 Å². The van der Waals surface area contributed by atoms with Crippen molar-refractivity contribution in [2.45, 2.75) is 19.8 Å². The Morgan fingerprint density at radius 1 is 1.57 bits per heavy atom. The molecule has 2 heterocycles. The van der Waals surface area contributed by atoms with E-state index < -0.39 is 0 Å². The fraction of sp³-hybridized carbons (Fsp3) is 0.700. The van der Waals surface area contributed by atoms with Crippen LogP contribution in [-0.4, -0.2) is 40.6 Å². The quantitative estimate of drug-likeness (QED) is 0.752. The molecule has 0 unspecified atom stereocenters. The monoisotopic (exact) mass is 212 g/mol. The first-order chi connectivity index (χ1) is 6.81. The summed E-state index contributed by atoms with van der Waals surface area (Å²) in [6.07, 6.45) is 2.01. The summed E-state index contributed by atoms with van der Waals surface area (Å²) >= 11 is 1.85. The van der Waals surface area contributed by atoms with E-state index in [1.807, 2.05) is 18.7 Å². The molecule has 0 bridgehead atoms. The first-order valence-electron chi connectivity index (χ1n) is 5.07. The number of hydrogen-bond donors (Lipinski definition) is 1. The molecule has 0 spiro atoms. The van der Waals surface area contributed by atoms with E-state index in [4.69, 9.17) is 5.11 Å². The first-order valence-corrected chi connectivity index (χ1v) is 6.06. The van der Waals surface area contributed by atoms with Gasteiger partial charge in [-0.1, -0.05) is 11.8 Å². The van der Waals surface area contributed by atoms with Crippen LogP contribution in [0.15, 0.2) is 16.3 Å². The summed E-state index contributed by atoms with van der Waals surface area (Å²) in [5, 5.41) is 10.1. The number of fused-ring (bicyclic) bond motifs is 1. The van der Waals surface area contributed by atoms with Crippen LogP contribution in [0.4, 0.5) is 0 Å². The number of nitrogens with zero attached hydrogens (tertiary/aromatic N) is 2. The third-order valence-electron chi connectivity index (χ3n) is 2.64. The molecule has 0 aromatic carbocycles. The van der Waals surface area contributed by atoms with Gasteiger partial charge in [-0.15, -0.1) is 0 Å². The molecule has 2 rings (SSSR count). The molecule has 0 aromatic heterocycles. The van der Waals surface area contributed by atoms with Gasteiger partial charge in [0, 0.05) is 31.1 Å². The van der Waals surface area contributed by atoms with Crippen molar-refractivity contribution in [1.29, 1.82) is 0 Å². The lowest BCUT2D eigenvalue weighted by Crippen LogP contribution is -2.38. The number of rotatable bonds is 2. The summed E-state index contributed by atoms with van der Waals surface area (Å²) in [5.41, 5.74) is 2.40. The summed E-state index contributed by atoms with van der Waals surface area (Å²) < 4.78 is 0. The second-order valence-corrected chi connectivity index (χ2v) is 4.74. The molecule has 4 heteroatoms. The molecule has 0 amide bonds. The van der Waals surface area contributed by atoms with Gasteiger partial charge in [-0.2, -0.15) is 0 Å². The Morgan fingerprint density at radius 2 is 2.43 bits per heavy atom. The fourth-order valence-electron chi connectivity index (χ4n) is 1.82. The molecule has 0 atom stereocenters. The SMILES string of the molecule is CC1=C(CCO)CN2CCCSC2=N1. The molecular formula is C10H16N2OS. The van der Waals surface area contributed by atoms with Crippen LogP contribution in [0.2, 0.25) is 0 Å². The molecule has 0 aliphatic carbocycles. The lowest BCUT2D eigenvalue weighted by atomic mass is 10.1. The van der Waals surface area contributed by atoms with E-state index in [0.717, 1.165) is 25.2 Å². The predicted molar refractivity (Wildman–Crippen MR) is 60.5 cm³/mol. The number of allylic oxidation sites excluding steroid dienone is 1. The van der Waals surface area contributed by atoms with E-state index in [0.29, 0.717) is 0 Å². The van der Waals surface area contributed by atoms with Crippen LogP contribution in [-0.2, 0) is 0 Å². The van der Waals surface area contributed by atoms with Crippen molar-refractivity contribution in [3.05, 3.63) is 11.3 Å². The van der Waals surface area contributed by atoms with Crippen molar-refractivity contribution in [2.75, 3.05) is 25.4 Å². The number of aliphatic imine (C=N–C) groups is 1. The number of hydrogen-bond acceptors (Lipinski definition) is 4. The van der Waals surface area contributed by atoms with Crippen LogP contribution >= 0.6 is 11.8 Å². The highest BCUT2D eigenvalue weighted by Gasteiger charge is 2.22. The molecule has 78 valence electrons. The van der Waals surface area contributed by atoms with Gasteiger partial charge in [0.25, 0.3) is 0 Å². The Kier molecular flexibility index (Phi) is 3.13. The molecule has 1 N–H and O–H groups in total. The summed E-state index contributed by atoms with van der Waals surface area (Å²) in [6.45, 7) is 4.37. The maximum absolute atomic E-state index is 8.93. The number of thioether (sulfide) groups is 1. The van der Waals surface area contributed by atoms with Gasteiger partial charge in [-0.3, -0.25) is 0 Å². The van der Waals surface area contributed by atoms with E-state index in [9.17, 15) is 0 Å². The van der Waals surface area contributed by atoms with Crippen LogP contribution in [0.5, 0.6) is 0 Å². The molecular weight excluding hydrogens is 196 g/mol. The summed E-state index contributed by atoms with van der Waals surface area (Å²) in [5.74, 6) is 1.19. The van der Waals surface area contributed by atoms with Gasteiger partial charge < -0.3 is 10.0 Å². The summed E-state index contributed by atoms with van der Waals surface area (Å²) in [6, 6.07) is 0. The number of aliphatic hydroxyl groups is 1. The normalized spacial score (nSPS) is 22.1. The fourth-order valence-corrected chi connectivity index (χ4v) is 2.81. The second kappa shape index (κ2) is 4.36. The largest absolute Gasteiger partial charge is 0.396 e. The van der Waals surface area contributed by atoms with Gasteiger partial charge >= 0.3 is 0 Å². The van der Waals surface area contributed by atoms with Crippen molar-refractivity contribution >= 4 is 16.9 Å². The van der Waals surface area contributed by atoms with E-state index >= 15 is 0 Å². The molecule has 0 saturated carbocycles. The molecule has 3 nitrogen and oxygen atoms in total. The van der Waals surface area contributed by atoms with Crippen molar-refractivity contribution in [3.8, 4) is 0 Å². The molecule has 0 aromatic rings. The van der Waals surface area contributed by atoms with Crippen LogP contribution in [0.3, 0.4) is 0 Å². The minimum absolute atomic E-state index is 0.235. The van der Waals surface area contributed by atoms with E-state index in [1.165, 1.54) is 22.9 Å². The smallest absolute Gasteiger partial charge is 0.164 e. The lowest BCUT2D eigenvalue weighted by Gasteiger charge is -2.33. The molecule has 2 aliphatic rings. The van der Waals surface area contributed by atoms with Gasteiger partial charge in [-0.05, 0) is 25.3 Å². The van der Waals surface area contributed by atoms with Crippen LogP contribution in [0.25, 0.3) is 0 Å². The van der Waals surface area contributed by atoms with Crippen molar-refractivity contribution in [1.82, 2.24) is 4.90 Å². The molecule has 14 heavy (non-hydrogen) atoms. The lowest BCUT2D eigenvalue weighted by molar-refractivity contribution is 0.293. The molecule has 1 fully saturated rings. The average molecular weight is 212 g/mol. The van der Waals surface area contributed by atoms with Crippen molar-refractivity contribution in [2.24, 2.45) is 4.99 Å².